The average molecular weight is 404 g/mol. The van der Waals surface area contributed by atoms with E-state index in [4.69, 9.17) is 0 Å². The molecule has 154 valence electrons. The molecule has 0 aliphatic heterocycles. The maximum atomic E-state index is 12.7. The Morgan fingerprint density at radius 2 is 2.00 bits per heavy atom. The molecule has 2 N–H and O–H groups in total. The normalized spacial score (nSPS) is 14.2. The Labute approximate surface area is 175 Å². The highest BCUT2D eigenvalue weighted by molar-refractivity contribution is 5.97. The maximum Gasteiger partial charge on any atom is 0.271 e. The highest BCUT2D eigenvalue weighted by atomic mass is 16.6. The summed E-state index contributed by atoms with van der Waals surface area (Å²) in [5, 5.41) is 26.0. The fourth-order valence-electron chi connectivity index (χ4n) is 3.64. The van der Waals surface area contributed by atoms with Crippen molar-refractivity contribution in [2.24, 2.45) is 0 Å². The zero-order chi connectivity index (χ0) is 21.5. The number of hydrogen-bond donors (Lipinski definition) is 2. The second-order valence-corrected chi connectivity index (χ2v) is 7.29. The van der Waals surface area contributed by atoms with Gasteiger partial charge in [-0.3, -0.25) is 14.9 Å². The fraction of sp³-hybridized carbons (Fsp3) is 0.304. The number of nitro groups is 1. The summed E-state index contributed by atoms with van der Waals surface area (Å²) in [5.74, 6) is -0.486. The van der Waals surface area contributed by atoms with Gasteiger partial charge in [-0.2, -0.15) is 5.26 Å². The van der Waals surface area contributed by atoms with E-state index in [-0.39, 0.29) is 17.3 Å². The van der Waals surface area contributed by atoms with Gasteiger partial charge < -0.3 is 10.6 Å². The molecule has 7 nitrogen and oxygen atoms in total. The van der Waals surface area contributed by atoms with Gasteiger partial charge in [-0.25, -0.2) is 0 Å². The van der Waals surface area contributed by atoms with Crippen molar-refractivity contribution in [3.8, 4) is 6.07 Å². The predicted molar refractivity (Wildman–Crippen MR) is 115 cm³/mol. The highest BCUT2D eigenvalue weighted by Crippen LogP contribution is 2.26. The number of amides is 1. The molecule has 0 bridgehead atoms. The number of nitro benzene ring substituents is 1. The summed E-state index contributed by atoms with van der Waals surface area (Å²) < 4.78 is 0. The van der Waals surface area contributed by atoms with E-state index in [0.717, 1.165) is 18.4 Å². The van der Waals surface area contributed by atoms with Crippen molar-refractivity contribution in [1.29, 1.82) is 5.26 Å². The van der Waals surface area contributed by atoms with Gasteiger partial charge in [0.15, 0.2) is 0 Å². The second kappa shape index (κ2) is 9.70. The molecule has 0 radical (unpaired) electrons. The van der Waals surface area contributed by atoms with Gasteiger partial charge in [0.05, 0.1) is 11.0 Å². The van der Waals surface area contributed by atoms with Gasteiger partial charge in [-0.15, -0.1) is 0 Å². The Morgan fingerprint density at radius 3 is 2.70 bits per heavy atom. The first-order valence-corrected chi connectivity index (χ1v) is 10.1. The van der Waals surface area contributed by atoms with Gasteiger partial charge in [0.1, 0.15) is 11.6 Å². The van der Waals surface area contributed by atoms with E-state index >= 15 is 0 Å². The molecule has 1 atom stereocenters. The van der Waals surface area contributed by atoms with E-state index in [1.165, 1.54) is 48.4 Å². The van der Waals surface area contributed by atoms with Crippen LogP contribution < -0.4 is 10.6 Å². The molecule has 0 spiro atoms. The van der Waals surface area contributed by atoms with Crippen molar-refractivity contribution < 1.29 is 9.72 Å². The molecular weight excluding hydrogens is 380 g/mol. The number of hydrogen-bond acceptors (Lipinski definition) is 5. The Morgan fingerprint density at radius 1 is 1.23 bits per heavy atom. The van der Waals surface area contributed by atoms with E-state index in [1.54, 1.807) is 6.07 Å². The third-order valence-electron chi connectivity index (χ3n) is 5.29. The van der Waals surface area contributed by atoms with Crippen LogP contribution in [0, 0.1) is 21.4 Å². The lowest BCUT2D eigenvalue weighted by molar-refractivity contribution is -0.384. The van der Waals surface area contributed by atoms with Crippen LogP contribution in [0.15, 0.2) is 54.2 Å². The Bertz CT molecular complexity index is 1020. The molecule has 2 aromatic carbocycles. The molecule has 30 heavy (non-hydrogen) atoms. The second-order valence-electron chi connectivity index (χ2n) is 7.29. The summed E-state index contributed by atoms with van der Waals surface area (Å²) in [7, 11) is 0. The molecule has 1 unspecified atom stereocenters. The zero-order valence-corrected chi connectivity index (χ0v) is 16.9. The van der Waals surface area contributed by atoms with Crippen molar-refractivity contribution in [1.82, 2.24) is 5.32 Å². The number of fused-ring (bicyclic) bond motifs is 1. The number of carbonyl (C=O) groups excluding carboxylic acids is 1. The monoisotopic (exact) mass is 404 g/mol. The summed E-state index contributed by atoms with van der Waals surface area (Å²) in [6.07, 6.45) is 6.53. The van der Waals surface area contributed by atoms with Crippen LogP contribution in [0.4, 0.5) is 11.4 Å². The van der Waals surface area contributed by atoms with Crippen LogP contribution in [-0.2, 0) is 17.6 Å². The standard InChI is InChI=1S/C23H24N4O3/c1-2-22(18-11-10-16-6-3-4-7-17(16)12-18)26-23(28)19(14-24)15-25-20-8-5-9-21(13-20)27(29)30/h5,8-13,15,22,25H,2-4,6-7H2,1H3,(H,26,28)/b19-15-. The number of nitrogens with zero attached hydrogens (tertiary/aromatic N) is 2. The van der Waals surface area contributed by atoms with Gasteiger partial charge in [-0.1, -0.05) is 31.2 Å². The molecule has 0 heterocycles. The van der Waals surface area contributed by atoms with Crippen LogP contribution >= 0.6 is 0 Å². The Hall–Kier alpha value is -3.66. The third kappa shape index (κ3) is 5.03. The van der Waals surface area contributed by atoms with E-state index < -0.39 is 10.8 Å². The van der Waals surface area contributed by atoms with Crippen LogP contribution in [0.5, 0.6) is 0 Å². The molecule has 7 heteroatoms. The molecule has 1 amide bonds. The molecule has 1 aliphatic carbocycles. The number of benzene rings is 2. The smallest absolute Gasteiger partial charge is 0.271 e. The number of anilines is 1. The molecule has 3 rings (SSSR count). The predicted octanol–water partition coefficient (Wildman–Crippen LogP) is 4.56. The van der Waals surface area contributed by atoms with Crippen molar-refractivity contribution in [3.05, 3.63) is 81.0 Å². The minimum atomic E-state index is -0.503. The molecule has 0 saturated heterocycles. The highest BCUT2D eigenvalue weighted by Gasteiger charge is 2.18. The van der Waals surface area contributed by atoms with Gasteiger partial charge >= 0.3 is 0 Å². The number of aryl methyl sites for hydroxylation is 2. The number of non-ortho nitro benzene ring substituents is 1. The summed E-state index contributed by atoms with van der Waals surface area (Å²) in [4.78, 5) is 23.0. The zero-order valence-electron chi connectivity index (χ0n) is 16.9. The van der Waals surface area contributed by atoms with Crippen molar-refractivity contribution >= 4 is 17.3 Å². The molecule has 0 saturated carbocycles. The summed E-state index contributed by atoms with van der Waals surface area (Å²) in [5.41, 5.74) is 4.01. The van der Waals surface area contributed by atoms with Crippen molar-refractivity contribution in [2.75, 3.05) is 5.32 Å². The lowest BCUT2D eigenvalue weighted by Gasteiger charge is -2.21. The van der Waals surface area contributed by atoms with Crippen LogP contribution in [0.3, 0.4) is 0 Å². The molecule has 0 fully saturated rings. The van der Waals surface area contributed by atoms with Crippen molar-refractivity contribution in [2.45, 2.75) is 45.1 Å². The lowest BCUT2D eigenvalue weighted by atomic mass is 9.88. The van der Waals surface area contributed by atoms with Crippen LogP contribution in [0.1, 0.15) is 48.9 Å². The fourth-order valence-corrected chi connectivity index (χ4v) is 3.64. The molecule has 0 aromatic heterocycles. The van der Waals surface area contributed by atoms with Crippen molar-refractivity contribution in [3.63, 3.8) is 0 Å². The first-order valence-electron chi connectivity index (χ1n) is 10.1. The van der Waals surface area contributed by atoms with Gasteiger partial charge in [0, 0.05) is 24.0 Å². The SMILES string of the molecule is CCC(NC(=O)/C(C#N)=C\Nc1cccc([N+](=O)[O-])c1)c1ccc2c(c1)CCCC2. The van der Waals surface area contributed by atoms with Crippen LogP contribution in [0.25, 0.3) is 0 Å². The minimum Gasteiger partial charge on any atom is -0.360 e. The quantitative estimate of drug-likeness (QED) is 0.304. The van der Waals surface area contributed by atoms with Crippen LogP contribution in [-0.4, -0.2) is 10.8 Å². The number of nitriles is 1. The maximum absolute atomic E-state index is 12.7. The van der Waals surface area contributed by atoms with Crippen LogP contribution in [0.2, 0.25) is 0 Å². The summed E-state index contributed by atoms with van der Waals surface area (Å²) in [6.45, 7) is 1.99. The Balaban J connectivity index is 1.72. The first-order chi connectivity index (χ1) is 14.5. The number of carbonyl (C=O) groups is 1. The Kier molecular flexibility index (Phi) is 6.81. The first kappa shape index (κ1) is 21.1. The van der Waals surface area contributed by atoms with E-state index in [0.29, 0.717) is 12.1 Å². The summed E-state index contributed by atoms with van der Waals surface area (Å²) >= 11 is 0. The topological polar surface area (TPSA) is 108 Å². The third-order valence-corrected chi connectivity index (χ3v) is 5.29. The van der Waals surface area contributed by atoms with Gasteiger partial charge in [0.25, 0.3) is 11.6 Å². The average Bonchev–Trinajstić information content (AvgIpc) is 2.77. The summed E-state index contributed by atoms with van der Waals surface area (Å²) in [6, 6.07) is 13.9. The van der Waals surface area contributed by atoms with Gasteiger partial charge in [0.2, 0.25) is 0 Å². The van der Waals surface area contributed by atoms with E-state index in [1.807, 2.05) is 13.0 Å². The molecule has 1 aliphatic rings. The largest absolute Gasteiger partial charge is 0.360 e. The van der Waals surface area contributed by atoms with E-state index in [2.05, 4.69) is 28.8 Å². The minimum absolute atomic E-state index is 0.0742. The molecular formula is C23H24N4O3. The number of rotatable bonds is 7. The lowest BCUT2D eigenvalue weighted by Crippen LogP contribution is -2.29. The molecule has 2 aromatic rings. The van der Waals surface area contributed by atoms with Gasteiger partial charge in [-0.05, 0) is 54.9 Å². The number of nitrogens with one attached hydrogen (secondary N) is 2. The van der Waals surface area contributed by atoms with E-state index in [9.17, 15) is 20.2 Å².